The molecule has 0 amide bonds. The van der Waals surface area contributed by atoms with E-state index in [-0.39, 0.29) is 5.97 Å². The van der Waals surface area contributed by atoms with Gasteiger partial charge < -0.3 is 10.5 Å². The van der Waals surface area contributed by atoms with E-state index in [1.807, 2.05) is 37.3 Å². The van der Waals surface area contributed by atoms with Crippen LogP contribution >= 0.6 is 11.6 Å². The van der Waals surface area contributed by atoms with Gasteiger partial charge >= 0.3 is 5.97 Å². The number of hydrogen-bond donors (Lipinski definition) is 1. The number of carbonyl (C=O) groups excluding carboxylic acids is 1. The SMILES string of the molecule is CCc1ccccc1C.COC(=O)c1ccc(CN2CCC(C(C)C)C2)c([NH3+])c1.Cc1ccc(C#N)c(Cl)c1. The standard InChI is InChI=1S/C16H24N2O2.C9H12.C8H6ClN/c1-11(2)13-6-7-18(9-13)10-14-5-4-12(8-15(14)17)16(19)20-3;1-3-9-7-5-4-6-8(9)2;1-6-2-3-7(5-10)8(9)4-6/h4-5,8,11,13H,6-7,9-10,17H2,1-3H3;4-7H,3H2,1-2H3;2-4H,1H3/p+1. The van der Waals surface area contributed by atoms with Gasteiger partial charge in [-0.3, -0.25) is 4.90 Å². The van der Waals surface area contributed by atoms with Crippen molar-refractivity contribution in [2.75, 3.05) is 20.2 Å². The van der Waals surface area contributed by atoms with Crippen LogP contribution in [0.4, 0.5) is 5.69 Å². The van der Waals surface area contributed by atoms with Gasteiger partial charge in [0, 0.05) is 24.7 Å². The lowest BCUT2D eigenvalue weighted by atomic mass is 9.95. The quantitative estimate of drug-likeness (QED) is 0.351. The van der Waals surface area contributed by atoms with Gasteiger partial charge in [0.05, 0.1) is 23.3 Å². The van der Waals surface area contributed by atoms with Gasteiger partial charge in [-0.25, -0.2) is 4.79 Å². The van der Waals surface area contributed by atoms with Gasteiger partial charge in [-0.2, -0.15) is 5.26 Å². The Morgan fingerprint density at radius 2 is 1.85 bits per heavy atom. The Morgan fingerprint density at radius 1 is 1.13 bits per heavy atom. The van der Waals surface area contributed by atoms with Gasteiger partial charge in [-0.15, -0.1) is 0 Å². The van der Waals surface area contributed by atoms with Crippen LogP contribution in [-0.4, -0.2) is 31.1 Å². The van der Waals surface area contributed by atoms with Crippen molar-refractivity contribution in [3.05, 3.63) is 99.1 Å². The van der Waals surface area contributed by atoms with Crippen LogP contribution in [0.15, 0.2) is 60.7 Å². The number of aryl methyl sites for hydroxylation is 3. The van der Waals surface area contributed by atoms with Crippen LogP contribution in [0, 0.1) is 37.0 Å². The maximum Gasteiger partial charge on any atom is 0.338 e. The van der Waals surface area contributed by atoms with Crippen LogP contribution < -0.4 is 5.73 Å². The zero-order valence-corrected chi connectivity index (χ0v) is 25.0. The lowest BCUT2D eigenvalue weighted by molar-refractivity contribution is -0.256. The first-order chi connectivity index (χ1) is 18.6. The number of methoxy groups -OCH3 is 1. The van der Waals surface area contributed by atoms with Crippen LogP contribution in [-0.2, 0) is 17.7 Å². The van der Waals surface area contributed by atoms with Gasteiger partial charge in [0.2, 0.25) is 0 Å². The lowest BCUT2D eigenvalue weighted by Crippen LogP contribution is -2.42. The van der Waals surface area contributed by atoms with Crippen LogP contribution in [0.25, 0.3) is 0 Å². The Balaban J connectivity index is 0.000000233. The fourth-order valence-electron chi connectivity index (χ4n) is 4.53. The number of esters is 1. The molecule has 1 aliphatic heterocycles. The monoisotopic (exact) mass is 548 g/mol. The molecule has 1 fully saturated rings. The average molecular weight is 549 g/mol. The largest absolute Gasteiger partial charge is 0.465 e. The molecular formula is C33H43ClN3O2+. The molecular weight excluding hydrogens is 506 g/mol. The van der Waals surface area contributed by atoms with Crippen molar-refractivity contribution in [2.45, 2.75) is 54.0 Å². The molecule has 3 aromatic rings. The minimum Gasteiger partial charge on any atom is -0.465 e. The van der Waals surface area contributed by atoms with E-state index in [4.69, 9.17) is 21.6 Å². The Morgan fingerprint density at radius 3 is 2.36 bits per heavy atom. The molecule has 3 N–H and O–H groups in total. The molecule has 0 aliphatic carbocycles. The third-order valence-corrected chi connectivity index (χ3v) is 7.47. The third-order valence-electron chi connectivity index (χ3n) is 7.16. The van der Waals surface area contributed by atoms with Crippen LogP contribution in [0.3, 0.4) is 0 Å². The molecule has 39 heavy (non-hydrogen) atoms. The van der Waals surface area contributed by atoms with Crippen molar-refractivity contribution in [3.8, 4) is 6.07 Å². The van der Waals surface area contributed by atoms with E-state index >= 15 is 0 Å². The molecule has 0 saturated carbocycles. The van der Waals surface area contributed by atoms with E-state index in [2.05, 4.69) is 62.6 Å². The van der Waals surface area contributed by atoms with Crippen molar-refractivity contribution < 1.29 is 15.3 Å². The number of nitrogens with zero attached hydrogens (tertiary/aromatic N) is 2. The summed E-state index contributed by atoms with van der Waals surface area (Å²) in [4.78, 5) is 14.0. The second kappa shape index (κ2) is 16.1. The highest BCUT2D eigenvalue weighted by atomic mass is 35.5. The fourth-order valence-corrected chi connectivity index (χ4v) is 4.81. The van der Waals surface area contributed by atoms with E-state index in [0.717, 1.165) is 49.1 Å². The molecule has 0 bridgehead atoms. The number of benzene rings is 3. The van der Waals surface area contributed by atoms with E-state index in [1.54, 1.807) is 12.1 Å². The van der Waals surface area contributed by atoms with Gasteiger partial charge in [0.25, 0.3) is 0 Å². The second-order valence-corrected chi connectivity index (χ2v) is 10.8. The van der Waals surface area contributed by atoms with Crippen LogP contribution in [0.2, 0.25) is 5.02 Å². The number of halogens is 1. The van der Waals surface area contributed by atoms with E-state index < -0.39 is 0 Å². The van der Waals surface area contributed by atoms with Gasteiger partial charge in [0.1, 0.15) is 11.8 Å². The summed E-state index contributed by atoms with van der Waals surface area (Å²) >= 11 is 5.71. The van der Waals surface area contributed by atoms with E-state index in [1.165, 1.54) is 30.2 Å². The molecule has 1 heterocycles. The molecule has 1 saturated heterocycles. The number of ether oxygens (including phenoxy) is 1. The first-order valence-corrected chi connectivity index (χ1v) is 13.9. The smallest absolute Gasteiger partial charge is 0.338 e. The molecule has 4 rings (SSSR count). The normalized spacial score (nSPS) is 14.5. The van der Waals surface area contributed by atoms with Crippen molar-refractivity contribution in [3.63, 3.8) is 0 Å². The Kier molecular flexibility index (Phi) is 13.2. The first-order valence-electron chi connectivity index (χ1n) is 13.6. The predicted molar refractivity (Wildman–Crippen MR) is 160 cm³/mol. The summed E-state index contributed by atoms with van der Waals surface area (Å²) in [5, 5.41) is 9.00. The second-order valence-electron chi connectivity index (χ2n) is 10.4. The minimum atomic E-state index is -0.303. The molecule has 208 valence electrons. The van der Waals surface area contributed by atoms with E-state index in [0.29, 0.717) is 16.1 Å². The maximum absolute atomic E-state index is 11.5. The highest BCUT2D eigenvalue weighted by Crippen LogP contribution is 2.26. The summed E-state index contributed by atoms with van der Waals surface area (Å²) in [5.74, 6) is 1.25. The maximum atomic E-state index is 11.5. The molecule has 0 radical (unpaired) electrons. The van der Waals surface area contributed by atoms with Crippen molar-refractivity contribution in [2.24, 2.45) is 11.8 Å². The van der Waals surface area contributed by atoms with Crippen molar-refractivity contribution >= 4 is 23.3 Å². The van der Waals surface area contributed by atoms with Gasteiger partial charge in [-0.1, -0.05) is 68.8 Å². The number of nitriles is 1. The van der Waals surface area contributed by atoms with Crippen molar-refractivity contribution in [1.82, 2.24) is 4.90 Å². The van der Waals surface area contributed by atoms with Crippen LogP contribution in [0.5, 0.6) is 0 Å². The van der Waals surface area contributed by atoms with Crippen molar-refractivity contribution in [1.29, 1.82) is 5.26 Å². The summed E-state index contributed by atoms with van der Waals surface area (Å²) in [7, 11) is 1.40. The number of quaternary nitrogens is 1. The summed E-state index contributed by atoms with van der Waals surface area (Å²) in [6.45, 7) is 14.1. The Bertz CT molecular complexity index is 1270. The Labute approximate surface area is 239 Å². The van der Waals surface area contributed by atoms with Gasteiger partial charge in [-0.05, 0) is 80.0 Å². The number of rotatable bonds is 5. The highest BCUT2D eigenvalue weighted by molar-refractivity contribution is 6.31. The summed E-state index contributed by atoms with van der Waals surface area (Å²) in [6, 6.07) is 21.5. The zero-order valence-electron chi connectivity index (χ0n) is 24.3. The van der Waals surface area contributed by atoms with E-state index in [9.17, 15) is 4.79 Å². The molecule has 1 aliphatic rings. The average Bonchev–Trinajstić information content (AvgIpc) is 3.39. The first kappa shape index (κ1) is 32.0. The predicted octanol–water partition coefficient (Wildman–Crippen LogP) is 6.90. The summed E-state index contributed by atoms with van der Waals surface area (Å²) < 4.78 is 4.73. The molecule has 0 aromatic heterocycles. The molecule has 0 spiro atoms. The topological polar surface area (TPSA) is 81.0 Å². The molecule has 1 atom stereocenters. The van der Waals surface area contributed by atoms with Gasteiger partial charge in [0.15, 0.2) is 0 Å². The molecule has 3 aromatic carbocycles. The number of hydrogen-bond acceptors (Lipinski definition) is 4. The fraction of sp³-hybridized carbons (Fsp3) is 0.394. The lowest BCUT2D eigenvalue weighted by Gasteiger charge is -2.18. The minimum absolute atomic E-state index is 0.303. The number of carbonyl (C=O) groups is 1. The Hall–Kier alpha value is -3.17. The zero-order chi connectivity index (χ0) is 28.9. The highest BCUT2D eigenvalue weighted by Gasteiger charge is 2.25. The third kappa shape index (κ3) is 10.1. The molecule has 6 heteroatoms. The number of likely N-dealkylation sites (tertiary alicyclic amines) is 1. The van der Waals surface area contributed by atoms with Crippen LogP contribution in [0.1, 0.15) is 65.4 Å². The summed E-state index contributed by atoms with van der Waals surface area (Å²) in [5.41, 5.74) is 11.2. The summed E-state index contributed by atoms with van der Waals surface area (Å²) in [6.07, 6.45) is 2.43. The molecule has 5 nitrogen and oxygen atoms in total. The molecule has 1 unspecified atom stereocenters.